The average molecular weight is 266 g/mol. The normalized spacial score (nSPS) is 9.58. The number of nitrogens with one attached hydrogen (secondary N) is 2. The summed E-state index contributed by atoms with van der Waals surface area (Å²) in [5, 5.41) is 5.00. The molecule has 1 rings (SSSR count). The highest BCUT2D eigenvalue weighted by Gasteiger charge is 2.08. The predicted molar refractivity (Wildman–Crippen MR) is 71.3 cm³/mol. The van der Waals surface area contributed by atoms with Crippen LogP contribution < -0.4 is 15.4 Å². The molecule has 0 aromatic heterocycles. The second kappa shape index (κ2) is 7.97. The number of carbonyl (C=O) groups is 2. The summed E-state index contributed by atoms with van der Waals surface area (Å²) < 4.78 is 10.0. The maximum absolute atomic E-state index is 11.6. The zero-order chi connectivity index (χ0) is 14.1. The molecule has 0 fully saturated rings. The van der Waals surface area contributed by atoms with Crippen molar-refractivity contribution in [3.63, 3.8) is 0 Å². The van der Waals surface area contributed by atoms with Gasteiger partial charge in [0.2, 0.25) is 5.91 Å². The first-order chi connectivity index (χ1) is 9.17. The van der Waals surface area contributed by atoms with E-state index in [-0.39, 0.29) is 19.1 Å². The Morgan fingerprint density at radius 3 is 2.58 bits per heavy atom. The van der Waals surface area contributed by atoms with Crippen LogP contribution in [-0.4, -0.2) is 31.8 Å². The lowest BCUT2D eigenvalue weighted by atomic mass is 10.3. The summed E-state index contributed by atoms with van der Waals surface area (Å²) in [6, 6.07) is 7.10. The third-order valence-corrected chi connectivity index (χ3v) is 2.13. The van der Waals surface area contributed by atoms with Crippen LogP contribution in [-0.2, 0) is 9.53 Å². The number of rotatable bonds is 6. The highest BCUT2D eigenvalue weighted by atomic mass is 16.5. The molecule has 0 aliphatic carbocycles. The fraction of sp³-hybridized carbons (Fsp3) is 0.385. The molecule has 6 heteroatoms. The van der Waals surface area contributed by atoms with Crippen LogP contribution in [0.15, 0.2) is 24.3 Å². The standard InChI is InChI=1S/C13H18N2O4/c1-3-18-11-8-6-5-7-10(11)15-12(16)9-14-13(17)19-4-2/h5-8H,3-4,9H2,1-2H3,(H,14,17)(H,15,16). The van der Waals surface area contributed by atoms with Gasteiger partial charge in [0.15, 0.2) is 0 Å². The van der Waals surface area contributed by atoms with Crippen LogP contribution in [0.5, 0.6) is 5.75 Å². The number of carbonyl (C=O) groups excluding carboxylic acids is 2. The zero-order valence-corrected chi connectivity index (χ0v) is 11.1. The van der Waals surface area contributed by atoms with Crippen LogP contribution in [0.4, 0.5) is 10.5 Å². The number of anilines is 1. The van der Waals surface area contributed by atoms with E-state index >= 15 is 0 Å². The number of hydrogen-bond acceptors (Lipinski definition) is 4. The van der Waals surface area contributed by atoms with Gasteiger partial charge in [0, 0.05) is 0 Å². The van der Waals surface area contributed by atoms with E-state index in [0.717, 1.165) is 0 Å². The molecule has 0 bridgehead atoms. The molecule has 1 aromatic carbocycles. The van der Waals surface area contributed by atoms with E-state index in [1.165, 1.54) is 0 Å². The maximum Gasteiger partial charge on any atom is 0.407 e. The maximum atomic E-state index is 11.6. The van der Waals surface area contributed by atoms with Gasteiger partial charge in [-0.1, -0.05) is 12.1 Å². The summed E-state index contributed by atoms with van der Waals surface area (Å²) in [6.45, 7) is 4.17. The third-order valence-electron chi connectivity index (χ3n) is 2.13. The summed E-state index contributed by atoms with van der Waals surface area (Å²) in [4.78, 5) is 22.7. The summed E-state index contributed by atoms with van der Waals surface area (Å²) in [5.74, 6) is 0.245. The Balaban J connectivity index is 2.50. The van der Waals surface area contributed by atoms with Gasteiger partial charge in [0.05, 0.1) is 18.9 Å². The smallest absolute Gasteiger partial charge is 0.407 e. The lowest BCUT2D eigenvalue weighted by Gasteiger charge is -2.11. The Kier molecular flexibility index (Phi) is 6.21. The fourth-order valence-corrected chi connectivity index (χ4v) is 1.38. The minimum Gasteiger partial charge on any atom is -0.492 e. The Bertz CT molecular complexity index is 434. The molecule has 6 nitrogen and oxygen atoms in total. The summed E-state index contributed by atoms with van der Waals surface area (Å²) >= 11 is 0. The predicted octanol–water partition coefficient (Wildman–Crippen LogP) is 1.77. The first kappa shape index (κ1) is 14.8. The second-order valence-corrected chi connectivity index (χ2v) is 3.55. The van der Waals surface area contributed by atoms with E-state index in [1.54, 1.807) is 25.1 Å². The minimum atomic E-state index is -0.615. The van der Waals surface area contributed by atoms with Crippen LogP contribution in [0.2, 0.25) is 0 Å². The van der Waals surface area contributed by atoms with Crippen LogP contribution >= 0.6 is 0 Å². The average Bonchev–Trinajstić information content (AvgIpc) is 2.39. The molecule has 2 N–H and O–H groups in total. The van der Waals surface area contributed by atoms with Crippen molar-refractivity contribution < 1.29 is 19.1 Å². The monoisotopic (exact) mass is 266 g/mol. The number of benzene rings is 1. The number of alkyl carbamates (subject to hydrolysis) is 1. The molecule has 1 aromatic rings. The van der Waals surface area contributed by atoms with Crippen molar-refractivity contribution in [1.82, 2.24) is 5.32 Å². The van der Waals surface area contributed by atoms with Gasteiger partial charge in [0.25, 0.3) is 0 Å². The Hall–Kier alpha value is -2.24. The van der Waals surface area contributed by atoms with Crippen molar-refractivity contribution in [3.8, 4) is 5.75 Å². The summed E-state index contributed by atoms with van der Waals surface area (Å²) in [6.07, 6.45) is -0.615. The molecule has 104 valence electrons. The molecule has 0 radical (unpaired) electrons. The van der Waals surface area contributed by atoms with Crippen molar-refractivity contribution in [3.05, 3.63) is 24.3 Å². The van der Waals surface area contributed by atoms with Gasteiger partial charge in [-0.05, 0) is 26.0 Å². The molecule has 0 heterocycles. The number of para-hydroxylation sites is 2. The fourth-order valence-electron chi connectivity index (χ4n) is 1.38. The number of ether oxygens (including phenoxy) is 2. The van der Waals surface area contributed by atoms with Crippen molar-refractivity contribution in [1.29, 1.82) is 0 Å². The van der Waals surface area contributed by atoms with E-state index in [0.29, 0.717) is 18.0 Å². The molecule has 0 spiro atoms. The lowest BCUT2D eigenvalue weighted by molar-refractivity contribution is -0.115. The van der Waals surface area contributed by atoms with Gasteiger partial charge in [-0.2, -0.15) is 0 Å². The molecular weight excluding hydrogens is 248 g/mol. The first-order valence-corrected chi connectivity index (χ1v) is 6.09. The summed E-state index contributed by atoms with van der Waals surface area (Å²) in [5.41, 5.74) is 0.569. The largest absolute Gasteiger partial charge is 0.492 e. The van der Waals surface area contributed by atoms with Gasteiger partial charge in [-0.15, -0.1) is 0 Å². The van der Waals surface area contributed by atoms with E-state index < -0.39 is 6.09 Å². The molecule has 0 aliphatic rings. The van der Waals surface area contributed by atoms with Crippen LogP contribution in [0, 0.1) is 0 Å². The quantitative estimate of drug-likeness (QED) is 0.822. The van der Waals surface area contributed by atoms with E-state index in [1.807, 2.05) is 13.0 Å². The Labute approximate surface area is 112 Å². The minimum absolute atomic E-state index is 0.153. The van der Waals surface area contributed by atoms with Crippen molar-refractivity contribution >= 4 is 17.7 Å². The van der Waals surface area contributed by atoms with Gasteiger partial charge >= 0.3 is 6.09 Å². The van der Waals surface area contributed by atoms with Gasteiger partial charge in [-0.3, -0.25) is 4.79 Å². The van der Waals surface area contributed by atoms with Crippen molar-refractivity contribution in [2.75, 3.05) is 25.1 Å². The zero-order valence-electron chi connectivity index (χ0n) is 11.1. The molecule has 19 heavy (non-hydrogen) atoms. The van der Waals surface area contributed by atoms with Crippen molar-refractivity contribution in [2.24, 2.45) is 0 Å². The van der Waals surface area contributed by atoms with Gasteiger partial charge in [-0.25, -0.2) is 4.79 Å². The first-order valence-electron chi connectivity index (χ1n) is 6.09. The molecular formula is C13H18N2O4. The highest BCUT2D eigenvalue weighted by Crippen LogP contribution is 2.23. The lowest BCUT2D eigenvalue weighted by Crippen LogP contribution is -2.33. The van der Waals surface area contributed by atoms with Gasteiger partial charge < -0.3 is 20.1 Å². The topological polar surface area (TPSA) is 76.7 Å². The van der Waals surface area contributed by atoms with Crippen LogP contribution in [0.1, 0.15) is 13.8 Å². The number of hydrogen-bond donors (Lipinski definition) is 2. The van der Waals surface area contributed by atoms with Crippen LogP contribution in [0.3, 0.4) is 0 Å². The van der Waals surface area contributed by atoms with E-state index in [9.17, 15) is 9.59 Å². The SMILES string of the molecule is CCOC(=O)NCC(=O)Nc1ccccc1OCC. The summed E-state index contributed by atoms with van der Waals surface area (Å²) in [7, 11) is 0. The Morgan fingerprint density at radius 1 is 1.16 bits per heavy atom. The van der Waals surface area contributed by atoms with E-state index in [4.69, 9.17) is 4.74 Å². The Morgan fingerprint density at radius 2 is 1.89 bits per heavy atom. The van der Waals surface area contributed by atoms with Crippen LogP contribution in [0.25, 0.3) is 0 Å². The second-order valence-electron chi connectivity index (χ2n) is 3.55. The third kappa shape index (κ3) is 5.29. The molecule has 0 saturated heterocycles. The van der Waals surface area contributed by atoms with E-state index in [2.05, 4.69) is 15.4 Å². The number of amides is 2. The highest BCUT2D eigenvalue weighted by molar-refractivity contribution is 5.95. The van der Waals surface area contributed by atoms with Crippen molar-refractivity contribution in [2.45, 2.75) is 13.8 Å². The van der Waals surface area contributed by atoms with Gasteiger partial charge in [0.1, 0.15) is 12.3 Å². The molecule has 0 unspecified atom stereocenters. The molecule has 0 saturated carbocycles. The molecule has 2 amide bonds. The molecule has 0 atom stereocenters. The molecule has 0 aliphatic heterocycles.